The number of aryl methyl sites for hydroxylation is 1. The molecule has 0 aliphatic carbocycles. The van der Waals surface area contributed by atoms with Crippen LogP contribution in [0.4, 0.5) is 32.0 Å². The summed E-state index contributed by atoms with van der Waals surface area (Å²) in [5.74, 6) is -4.58. The lowest BCUT2D eigenvalue weighted by Crippen LogP contribution is -2.54. The summed E-state index contributed by atoms with van der Waals surface area (Å²) < 4.78 is 104. The third-order valence-electron chi connectivity index (χ3n) is 10.7. The number of anilines is 1. The lowest BCUT2D eigenvalue weighted by atomic mass is 9.98. The van der Waals surface area contributed by atoms with Crippen molar-refractivity contribution in [1.82, 2.24) is 45.7 Å². The van der Waals surface area contributed by atoms with Gasteiger partial charge in [0.25, 0.3) is 11.8 Å². The van der Waals surface area contributed by atoms with E-state index in [9.17, 15) is 60.2 Å². The van der Waals surface area contributed by atoms with Crippen LogP contribution in [0.2, 0.25) is 0 Å². The van der Waals surface area contributed by atoms with Crippen molar-refractivity contribution in [2.75, 3.05) is 58.1 Å². The monoisotopic (exact) mass is 1000 g/mol. The SMILES string of the molecule is O=C(CCc1cn(CCOCCOCCOCC(=O)Nc2cccc3c2C(=O)N(C2CCC(=O)NC2=O)C3=O)nn1)NCCOc1ccc(-c2cc(C(F)(F)F)[nH]n2)c(O)c1-c1cncc(C(F)(F)F)c1. The van der Waals surface area contributed by atoms with Crippen LogP contribution < -0.4 is 20.7 Å². The van der Waals surface area contributed by atoms with Gasteiger partial charge in [-0.25, -0.2) is 4.68 Å². The average molecular weight is 1000 g/mol. The number of H-pyrrole nitrogens is 1. The number of carbonyl (C=O) groups excluding carboxylic acids is 6. The van der Waals surface area contributed by atoms with Gasteiger partial charge in [-0.2, -0.15) is 31.4 Å². The molecule has 71 heavy (non-hydrogen) atoms. The first-order chi connectivity index (χ1) is 33.9. The predicted octanol–water partition coefficient (Wildman–Crippen LogP) is 3.69. The molecule has 3 aromatic heterocycles. The largest absolute Gasteiger partial charge is 0.506 e. The standard InChI is InChI=1S/C44H42F6N10O11/c45-43(46,47)25-18-24(20-51-21-25)37-32(7-5-27(39(37)64)30-19-33(57-56-30)44(48,49)50)71-12-10-52-34(61)8-4-26-22-59(58-55-26)11-13-68-14-15-69-16-17-70-23-36(63)53-29-3-1-2-28-38(29)42(67)60(41(28)66)31-6-9-35(62)54-40(31)65/h1-3,5,7,18-22,31,64H,4,6,8-17,23H2,(H,52,61)(H,53,63)(H,56,57)(H,54,62,65). The van der Waals surface area contributed by atoms with Crippen LogP contribution in [0.1, 0.15) is 56.9 Å². The fourth-order valence-corrected chi connectivity index (χ4v) is 7.33. The highest BCUT2D eigenvalue weighted by Crippen LogP contribution is 2.45. The first kappa shape index (κ1) is 51.1. The maximum Gasteiger partial charge on any atom is 0.432 e. The number of hydrogen-bond acceptors (Lipinski definition) is 15. The van der Waals surface area contributed by atoms with Gasteiger partial charge in [0.2, 0.25) is 23.6 Å². The smallest absolute Gasteiger partial charge is 0.432 e. The minimum atomic E-state index is -4.81. The fraction of sp³-hybridized carbons (Fsp3) is 0.364. The summed E-state index contributed by atoms with van der Waals surface area (Å²) in [4.78, 5) is 79.7. The first-order valence-electron chi connectivity index (χ1n) is 21.6. The van der Waals surface area contributed by atoms with E-state index in [0.717, 1.165) is 11.1 Å². The number of phenols is 1. The number of aromatic amines is 1. The minimum absolute atomic E-state index is 0.00610. The molecule has 0 radical (unpaired) electrons. The van der Waals surface area contributed by atoms with Gasteiger partial charge in [0.05, 0.1) is 85.5 Å². The van der Waals surface area contributed by atoms with Crippen LogP contribution in [0.5, 0.6) is 11.5 Å². The summed E-state index contributed by atoms with van der Waals surface area (Å²) in [6.07, 6.45) is -6.19. The van der Waals surface area contributed by atoms with Gasteiger partial charge in [-0.1, -0.05) is 11.3 Å². The molecular formula is C44H42F6N10O11. The van der Waals surface area contributed by atoms with E-state index in [1.807, 2.05) is 5.10 Å². The number of piperidine rings is 1. The van der Waals surface area contributed by atoms with E-state index in [-0.39, 0.29) is 123 Å². The average Bonchev–Trinajstić information content (AvgIpc) is 4.07. The van der Waals surface area contributed by atoms with E-state index in [4.69, 9.17) is 18.9 Å². The number of benzene rings is 2. The Morgan fingerprint density at radius 3 is 2.34 bits per heavy atom. The predicted molar refractivity (Wildman–Crippen MR) is 230 cm³/mol. The maximum atomic E-state index is 13.5. The molecule has 5 N–H and O–H groups in total. The molecular weight excluding hydrogens is 959 g/mol. The molecule has 1 fully saturated rings. The topological polar surface area (TPSA) is 271 Å². The molecule has 0 spiro atoms. The highest BCUT2D eigenvalue weighted by molar-refractivity contribution is 6.26. The van der Waals surface area contributed by atoms with Crippen LogP contribution in [-0.4, -0.2) is 134 Å². The second-order valence-corrected chi connectivity index (χ2v) is 15.6. The number of hydrogen-bond donors (Lipinski definition) is 5. The molecule has 0 bridgehead atoms. The summed E-state index contributed by atoms with van der Waals surface area (Å²) >= 11 is 0. The number of rotatable bonds is 22. The highest BCUT2D eigenvalue weighted by Gasteiger charge is 2.46. The number of alkyl halides is 6. The van der Waals surface area contributed by atoms with E-state index >= 15 is 0 Å². The number of carbonyl (C=O) groups is 6. The summed E-state index contributed by atoms with van der Waals surface area (Å²) in [5.41, 5.74) is -2.95. The number of amides is 6. The van der Waals surface area contributed by atoms with Gasteiger partial charge in [0.1, 0.15) is 36.4 Å². The molecule has 1 unspecified atom stereocenters. The first-order valence-corrected chi connectivity index (χ1v) is 21.6. The molecule has 2 aromatic carbocycles. The van der Waals surface area contributed by atoms with Gasteiger partial charge in [0, 0.05) is 49.0 Å². The molecule has 376 valence electrons. The van der Waals surface area contributed by atoms with Crippen molar-refractivity contribution >= 4 is 41.1 Å². The Morgan fingerprint density at radius 1 is 0.845 bits per heavy atom. The number of phenolic OH excluding ortho intramolecular Hbond substituents is 1. The zero-order valence-corrected chi connectivity index (χ0v) is 37.0. The van der Waals surface area contributed by atoms with Crippen molar-refractivity contribution in [2.24, 2.45) is 0 Å². The van der Waals surface area contributed by atoms with Gasteiger partial charge < -0.3 is 34.7 Å². The molecule has 2 aliphatic rings. The Hall–Kier alpha value is -7.78. The number of nitrogens with zero attached hydrogens (tertiary/aromatic N) is 6. The van der Waals surface area contributed by atoms with Crippen LogP contribution in [0.15, 0.2) is 61.1 Å². The lowest BCUT2D eigenvalue weighted by molar-refractivity contribution is -0.141. The van der Waals surface area contributed by atoms with E-state index in [1.54, 1.807) is 6.20 Å². The lowest BCUT2D eigenvalue weighted by Gasteiger charge is -2.27. The number of imide groups is 2. The number of fused-ring (bicyclic) bond motifs is 1. The molecule has 0 saturated carbocycles. The molecule has 5 aromatic rings. The Balaban J connectivity index is 0.766. The molecule has 1 saturated heterocycles. The second kappa shape index (κ2) is 22.3. The van der Waals surface area contributed by atoms with E-state index in [0.29, 0.717) is 30.6 Å². The normalized spacial score (nSPS) is 15.0. The van der Waals surface area contributed by atoms with Gasteiger partial charge in [0.15, 0.2) is 0 Å². The number of nitrogens with one attached hydrogen (secondary N) is 4. The third-order valence-corrected chi connectivity index (χ3v) is 10.7. The minimum Gasteiger partial charge on any atom is -0.506 e. The Bertz CT molecular complexity index is 2800. The summed E-state index contributed by atoms with van der Waals surface area (Å²) in [5, 5.41) is 32.0. The van der Waals surface area contributed by atoms with Gasteiger partial charge >= 0.3 is 12.4 Å². The van der Waals surface area contributed by atoms with Crippen molar-refractivity contribution in [3.63, 3.8) is 0 Å². The van der Waals surface area contributed by atoms with Gasteiger partial charge in [-0.05, 0) is 42.8 Å². The van der Waals surface area contributed by atoms with Crippen molar-refractivity contribution in [1.29, 1.82) is 0 Å². The van der Waals surface area contributed by atoms with Crippen LogP contribution in [-0.2, 0) is 58.7 Å². The molecule has 6 amide bonds. The fourth-order valence-electron chi connectivity index (χ4n) is 7.33. The number of aromatic hydroxyl groups is 1. The van der Waals surface area contributed by atoms with Crippen molar-refractivity contribution in [3.8, 4) is 33.9 Å². The van der Waals surface area contributed by atoms with Crippen LogP contribution in [0, 0.1) is 0 Å². The van der Waals surface area contributed by atoms with Gasteiger partial charge in [-0.15, -0.1) is 5.10 Å². The Kier molecular flexibility index (Phi) is 16.1. The summed E-state index contributed by atoms with van der Waals surface area (Å²) in [7, 11) is 0. The maximum absolute atomic E-state index is 13.5. The van der Waals surface area contributed by atoms with Gasteiger partial charge in [-0.3, -0.25) is 49.1 Å². The van der Waals surface area contributed by atoms with Crippen LogP contribution in [0.3, 0.4) is 0 Å². The van der Waals surface area contributed by atoms with Crippen molar-refractivity contribution < 1.29 is 79.2 Å². The number of ether oxygens (including phenoxy) is 4. The zero-order valence-electron chi connectivity index (χ0n) is 37.0. The zero-order chi connectivity index (χ0) is 50.9. The molecule has 2 aliphatic heterocycles. The Labute approximate surface area is 397 Å². The number of halogens is 6. The molecule has 7 rings (SSSR count). The highest BCUT2D eigenvalue weighted by atomic mass is 19.4. The summed E-state index contributed by atoms with van der Waals surface area (Å²) in [6, 6.07) is 6.93. The molecule has 27 heteroatoms. The van der Waals surface area contributed by atoms with E-state index < -0.39 is 70.8 Å². The molecule has 1 atom stereocenters. The summed E-state index contributed by atoms with van der Waals surface area (Å²) in [6.45, 7) is 0.515. The molecule has 21 nitrogen and oxygen atoms in total. The van der Waals surface area contributed by atoms with Crippen molar-refractivity contribution in [2.45, 2.75) is 50.6 Å². The number of aromatic nitrogens is 6. The Morgan fingerprint density at radius 2 is 1.61 bits per heavy atom. The van der Waals surface area contributed by atoms with E-state index in [2.05, 4.69) is 36.3 Å². The van der Waals surface area contributed by atoms with E-state index in [1.165, 1.54) is 35.0 Å². The number of pyridine rings is 1. The van der Waals surface area contributed by atoms with Crippen LogP contribution in [0.25, 0.3) is 22.4 Å². The van der Waals surface area contributed by atoms with Crippen LogP contribution >= 0.6 is 0 Å². The van der Waals surface area contributed by atoms with Crippen molar-refractivity contribution in [3.05, 3.63) is 89.1 Å². The third kappa shape index (κ3) is 12.7. The quantitative estimate of drug-likeness (QED) is 0.0376. The molecule has 5 heterocycles. The second-order valence-electron chi connectivity index (χ2n) is 15.6.